The normalized spacial score (nSPS) is 13.4. The quantitative estimate of drug-likeness (QED) is 0.367. The Morgan fingerprint density at radius 1 is 1.44 bits per heavy atom. The molecule has 0 N–H and O–H groups in total. The molecule has 1 aliphatic rings. The van der Waals surface area contributed by atoms with Gasteiger partial charge in [-0.15, -0.1) is 0 Å². The molecule has 1 heterocycles. The zero-order valence-electron chi connectivity index (χ0n) is 10.8. The van der Waals surface area contributed by atoms with Crippen molar-refractivity contribution in [1.29, 1.82) is 0 Å². The number of methoxy groups -OCH3 is 1. The molecule has 6 nitrogen and oxygen atoms in total. The summed E-state index contributed by atoms with van der Waals surface area (Å²) in [5.74, 6) is -1.41. The van der Waals surface area contributed by atoms with Gasteiger partial charge in [-0.05, 0) is 13.0 Å². The molecule has 1 rings (SSSR count). The van der Waals surface area contributed by atoms with Gasteiger partial charge < -0.3 is 24.4 Å². The predicted octanol–water partition coefficient (Wildman–Crippen LogP) is -0.855. The number of carbonyl (C=O) groups is 2. The summed E-state index contributed by atoms with van der Waals surface area (Å²) >= 11 is 0. The number of carbonyl (C=O) groups excluding carboxylic acids is 2. The number of carboxylic acids is 1. The first-order chi connectivity index (χ1) is 7.86. The molecule has 0 fully saturated rings. The van der Waals surface area contributed by atoms with E-state index in [-0.39, 0.29) is 28.3 Å². The van der Waals surface area contributed by atoms with Crippen LogP contribution in [0.1, 0.15) is 6.92 Å². The molecule has 106 valence electrons. The van der Waals surface area contributed by atoms with Gasteiger partial charge in [0.05, 0.1) is 19.5 Å². The molecule has 0 aromatic carbocycles. The SMILES string of the molecule is CC(=O)[O-].COC(=O)/C=C/C1=CN(C)CN1C.[Ag+]. The van der Waals surface area contributed by atoms with E-state index < -0.39 is 5.97 Å². The van der Waals surface area contributed by atoms with Crippen molar-refractivity contribution in [2.24, 2.45) is 0 Å². The summed E-state index contributed by atoms with van der Waals surface area (Å²) in [6.07, 6.45) is 5.14. The van der Waals surface area contributed by atoms with Gasteiger partial charge in [0.25, 0.3) is 0 Å². The Labute approximate surface area is 122 Å². The van der Waals surface area contributed by atoms with Crippen LogP contribution in [0.25, 0.3) is 0 Å². The average molecular weight is 349 g/mol. The number of carboxylic acid groups (broad SMARTS) is 1. The van der Waals surface area contributed by atoms with Crippen LogP contribution >= 0.6 is 0 Å². The van der Waals surface area contributed by atoms with Crippen molar-refractivity contribution < 1.29 is 41.8 Å². The van der Waals surface area contributed by atoms with E-state index in [2.05, 4.69) is 4.74 Å². The Kier molecular flexibility index (Phi) is 10.4. The van der Waals surface area contributed by atoms with Gasteiger partial charge in [-0.25, -0.2) is 4.79 Å². The van der Waals surface area contributed by atoms with E-state index >= 15 is 0 Å². The second-order valence-electron chi connectivity index (χ2n) is 3.50. The van der Waals surface area contributed by atoms with E-state index in [9.17, 15) is 4.79 Å². The number of hydrogen-bond acceptors (Lipinski definition) is 6. The first-order valence-corrected chi connectivity index (χ1v) is 4.93. The van der Waals surface area contributed by atoms with Gasteiger partial charge in [0.1, 0.15) is 0 Å². The van der Waals surface area contributed by atoms with Gasteiger partial charge in [0.15, 0.2) is 0 Å². The summed E-state index contributed by atoms with van der Waals surface area (Å²) in [4.78, 5) is 23.8. The van der Waals surface area contributed by atoms with E-state index in [4.69, 9.17) is 9.90 Å². The van der Waals surface area contributed by atoms with Gasteiger partial charge in [0.2, 0.25) is 0 Å². The smallest absolute Gasteiger partial charge is 0.550 e. The number of likely N-dealkylation sites (N-methyl/N-ethyl adjacent to an activating group) is 1. The number of esters is 1. The van der Waals surface area contributed by atoms with Gasteiger partial charge in [-0.2, -0.15) is 0 Å². The molecule has 0 unspecified atom stereocenters. The van der Waals surface area contributed by atoms with Crippen LogP contribution < -0.4 is 5.11 Å². The van der Waals surface area contributed by atoms with Crippen molar-refractivity contribution in [3.63, 3.8) is 0 Å². The largest absolute Gasteiger partial charge is 1.00 e. The molecular weight excluding hydrogens is 332 g/mol. The first-order valence-electron chi connectivity index (χ1n) is 4.93. The number of nitrogens with zero attached hydrogens (tertiary/aromatic N) is 2. The minimum atomic E-state index is -1.08. The predicted molar refractivity (Wildman–Crippen MR) is 60.3 cm³/mol. The summed E-state index contributed by atoms with van der Waals surface area (Å²) < 4.78 is 4.49. The van der Waals surface area contributed by atoms with Crippen molar-refractivity contribution in [1.82, 2.24) is 9.80 Å². The molecule has 1 aliphatic heterocycles. The van der Waals surface area contributed by atoms with Crippen LogP contribution in [-0.2, 0) is 36.7 Å². The van der Waals surface area contributed by atoms with E-state index in [0.29, 0.717) is 0 Å². The topological polar surface area (TPSA) is 72.9 Å². The van der Waals surface area contributed by atoms with Crippen molar-refractivity contribution in [2.75, 3.05) is 27.9 Å². The maximum absolute atomic E-state index is 10.8. The molecule has 0 aromatic rings. The molecule has 0 atom stereocenters. The maximum Gasteiger partial charge on any atom is 1.00 e. The second-order valence-corrected chi connectivity index (χ2v) is 3.50. The summed E-state index contributed by atoms with van der Waals surface area (Å²) in [6, 6.07) is 0. The minimum Gasteiger partial charge on any atom is -0.550 e. The zero-order chi connectivity index (χ0) is 13.4. The van der Waals surface area contributed by atoms with Crippen molar-refractivity contribution >= 4 is 11.9 Å². The zero-order valence-corrected chi connectivity index (χ0v) is 12.3. The molecule has 0 saturated heterocycles. The number of allylic oxidation sites excluding steroid dienone is 1. The third kappa shape index (κ3) is 8.86. The van der Waals surface area contributed by atoms with Crippen LogP contribution in [0.2, 0.25) is 0 Å². The minimum absolute atomic E-state index is 0. The van der Waals surface area contributed by atoms with Crippen LogP contribution in [0, 0.1) is 0 Å². The van der Waals surface area contributed by atoms with Crippen molar-refractivity contribution in [2.45, 2.75) is 6.92 Å². The standard InChI is InChI=1S/C9H14N2O2.C2H4O2.Ag/c1-10-6-8(11(2)7-10)4-5-9(12)13-3;1-2(3)4;/h4-6H,7H2,1-3H3;1H3,(H,3,4);/q;;+1/p-1/b5-4+;;. The second kappa shape index (κ2) is 9.76. The Morgan fingerprint density at radius 3 is 2.28 bits per heavy atom. The first kappa shape index (κ1) is 19.1. The fraction of sp³-hybridized carbons (Fsp3) is 0.455. The Balaban J connectivity index is 0. The average Bonchev–Trinajstić information content (AvgIpc) is 2.53. The van der Waals surface area contributed by atoms with Crippen LogP contribution in [0.15, 0.2) is 24.0 Å². The van der Waals surface area contributed by atoms with E-state index in [1.54, 1.807) is 6.08 Å². The van der Waals surface area contributed by atoms with Gasteiger partial charge >= 0.3 is 28.3 Å². The molecular formula is C11H17AgN2O4. The number of rotatable bonds is 2. The summed E-state index contributed by atoms with van der Waals surface area (Å²) in [6.45, 7) is 1.82. The Bertz CT molecular complexity index is 338. The molecule has 0 radical (unpaired) electrons. The van der Waals surface area contributed by atoms with Gasteiger partial charge in [0, 0.05) is 32.3 Å². The molecule has 18 heavy (non-hydrogen) atoms. The molecule has 0 aromatic heterocycles. The monoisotopic (exact) mass is 348 g/mol. The fourth-order valence-electron chi connectivity index (χ4n) is 1.17. The summed E-state index contributed by atoms with van der Waals surface area (Å²) in [5.41, 5.74) is 1.01. The van der Waals surface area contributed by atoms with Crippen molar-refractivity contribution in [3.05, 3.63) is 24.0 Å². The van der Waals surface area contributed by atoms with Crippen LogP contribution in [0.3, 0.4) is 0 Å². The summed E-state index contributed by atoms with van der Waals surface area (Å²) in [5, 5.41) is 8.89. The third-order valence-corrected chi connectivity index (χ3v) is 1.82. The molecule has 0 amide bonds. The Morgan fingerprint density at radius 2 is 1.94 bits per heavy atom. The van der Waals surface area contributed by atoms with Gasteiger partial charge in [-0.3, -0.25) is 0 Å². The Hall–Kier alpha value is -1.24. The van der Waals surface area contributed by atoms with E-state index in [1.165, 1.54) is 13.2 Å². The molecule has 7 heteroatoms. The summed E-state index contributed by atoms with van der Waals surface area (Å²) in [7, 11) is 5.32. The van der Waals surface area contributed by atoms with Crippen molar-refractivity contribution in [3.8, 4) is 0 Å². The van der Waals surface area contributed by atoms with Crippen LogP contribution in [0.5, 0.6) is 0 Å². The third-order valence-electron chi connectivity index (χ3n) is 1.82. The number of aliphatic carboxylic acids is 1. The van der Waals surface area contributed by atoms with E-state index in [0.717, 1.165) is 19.3 Å². The number of ether oxygens (including phenoxy) is 1. The molecule has 0 bridgehead atoms. The molecule has 0 spiro atoms. The van der Waals surface area contributed by atoms with E-state index in [1.807, 2.05) is 30.1 Å². The molecule has 0 aliphatic carbocycles. The molecule has 0 saturated carbocycles. The maximum atomic E-state index is 10.8. The fourth-order valence-corrected chi connectivity index (χ4v) is 1.17. The number of hydrogen-bond donors (Lipinski definition) is 0. The van der Waals surface area contributed by atoms with Crippen LogP contribution in [0.4, 0.5) is 0 Å². The van der Waals surface area contributed by atoms with Crippen LogP contribution in [-0.4, -0.2) is 49.6 Å². The van der Waals surface area contributed by atoms with Gasteiger partial charge in [-0.1, -0.05) is 0 Å².